The highest BCUT2D eigenvalue weighted by atomic mass is 32.2. The number of hydrogen-bond donors (Lipinski definition) is 0. The first-order chi connectivity index (χ1) is 10.1. The maximum Gasteiger partial charge on any atom is 0.285 e. The molecular formula is C15H13N3OS2. The number of thioether (sulfide) groups is 1. The van der Waals surface area contributed by atoms with Gasteiger partial charge in [-0.05, 0) is 56.4 Å². The molecule has 0 aliphatic carbocycles. The third-order valence-electron chi connectivity index (χ3n) is 3.17. The van der Waals surface area contributed by atoms with Gasteiger partial charge >= 0.3 is 0 Å². The third-order valence-corrected chi connectivity index (χ3v) is 4.46. The molecule has 1 fully saturated rings. The van der Waals surface area contributed by atoms with Crippen LogP contribution in [-0.2, 0) is 4.79 Å². The van der Waals surface area contributed by atoms with Gasteiger partial charge in [-0.1, -0.05) is 17.8 Å². The average Bonchev–Trinajstić information content (AvgIpc) is 2.92. The molecule has 3 heterocycles. The molecule has 6 heteroatoms. The van der Waals surface area contributed by atoms with Crippen LogP contribution in [0.5, 0.6) is 0 Å². The molecule has 1 aliphatic rings. The van der Waals surface area contributed by atoms with Crippen molar-refractivity contribution in [3.63, 3.8) is 0 Å². The van der Waals surface area contributed by atoms with Crippen molar-refractivity contribution in [3.05, 3.63) is 58.5 Å². The monoisotopic (exact) mass is 315 g/mol. The predicted octanol–water partition coefficient (Wildman–Crippen LogP) is 3.04. The number of aryl methyl sites for hydroxylation is 2. The summed E-state index contributed by atoms with van der Waals surface area (Å²) in [5.74, 6) is -0.113. The van der Waals surface area contributed by atoms with Crippen molar-refractivity contribution in [2.24, 2.45) is 0 Å². The number of rotatable bonds is 2. The molecule has 21 heavy (non-hydrogen) atoms. The maximum atomic E-state index is 12.6. The molecule has 0 saturated carbocycles. The Balaban J connectivity index is 1.99. The number of aromatic nitrogens is 2. The lowest BCUT2D eigenvalue weighted by atomic mass is 10.3. The molecule has 0 spiro atoms. The second kappa shape index (κ2) is 5.46. The first-order valence-electron chi connectivity index (χ1n) is 6.42. The molecule has 0 unspecified atom stereocenters. The molecule has 0 atom stereocenters. The van der Waals surface area contributed by atoms with Crippen LogP contribution in [0.3, 0.4) is 0 Å². The van der Waals surface area contributed by atoms with Crippen molar-refractivity contribution >= 4 is 40.3 Å². The van der Waals surface area contributed by atoms with E-state index in [0.29, 0.717) is 9.23 Å². The van der Waals surface area contributed by atoms with Gasteiger partial charge in [-0.15, -0.1) is 0 Å². The van der Waals surface area contributed by atoms with Crippen LogP contribution in [0.2, 0.25) is 0 Å². The van der Waals surface area contributed by atoms with E-state index >= 15 is 0 Å². The fourth-order valence-corrected chi connectivity index (χ4v) is 3.43. The SMILES string of the molecule is Cc1ccc(C)n1N1C(=O)/C(=C/c2ccccn2)SC1=S. The number of thiocarbonyl (C=S) groups is 1. The number of carbonyl (C=O) groups excluding carboxylic acids is 1. The van der Waals surface area contributed by atoms with E-state index in [0.717, 1.165) is 17.1 Å². The van der Waals surface area contributed by atoms with Crippen LogP contribution in [-0.4, -0.2) is 19.9 Å². The van der Waals surface area contributed by atoms with Crippen LogP contribution >= 0.6 is 24.0 Å². The topological polar surface area (TPSA) is 38.1 Å². The minimum atomic E-state index is -0.113. The van der Waals surface area contributed by atoms with E-state index in [1.54, 1.807) is 17.3 Å². The normalized spacial score (nSPS) is 17.0. The number of carbonyl (C=O) groups is 1. The highest BCUT2D eigenvalue weighted by Crippen LogP contribution is 2.32. The largest absolute Gasteiger partial charge is 0.285 e. The maximum absolute atomic E-state index is 12.6. The Morgan fingerprint density at radius 2 is 1.90 bits per heavy atom. The standard InChI is InChI=1S/C15H13N3OS2/c1-10-6-7-11(2)17(10)18-14(19)13(21-15(18)20)9-12-5-3-4-8-16-12/h3-9H,1-2H3/b13-9-. The van der Waals surface area contributed by atoms with Gasteiger partial charge in [0.05, 0.1) is 10.6 Å². The third kappa shape index (κ3) is 2.52. The lowest BCUT2D eigenvalue weighted by Gasteiger charge is -2.20. The fraction of sp³-hybridized carbons (Fsp3) is 0.133. The number of pyridine rings is 1. The van der Waals surface area contributed by atoms with Gasteiger partial charge in [0.15, 0.2) is 4.32 Å². The molecule has 1 aliphatic heterocycles. The van der Waals surface area contributed by atoms with Crippen molar-refractivity contribution in [3.8, 4) is 0 Å². The predicted molar refractivity (Wildman–Crippen MR) is 89.5 cm³/mol. The molecule has 3 rings (SSSR count). The highest BCUT2D eigenvalue weighted by molar-refractivity contribution is 8.27. The van der Waals surface area contributed by atoms with Gasteiger partial charge < -0.3 is 0 Å². The first kappa shape index (κ1) is 14.0. The second-order valence-corrected chi connectivity index (χ2v) is 6.35. The first-order valence-corrected chi connectivity index (χ1v) is 7.64. The summed E-state index contributed by atoms with van der Waals surface area (Å²) < 4.78 is 2.38. The van der Waals surface area contributed by atoms with Crippen molar-refractivity contribution < 1.29 is 4.79 Å². The van der Waals surface area contributed by atoms with Gasteiger partial charge in [0.25, 0.3) is 5.91 Å². The summed E-state index contributed by atoms with van der Waals surface area (Å²) in [5, 5.41) is 1.54. The number of hydrogen-bond acceptors (Lipinski definition) is 4. The van der Waals surface area contributed by atoms with E-state index in [1.807, 2.05) is 48.9 Å². The van der Waals surface area contributed by atoms with Crippen molar-refractivity contribution in [2.45, 2.75) is 13.8 Å². The lowest BCUT2D eigenvalue weighted by molar-refractivity contribution is -0.114. The summed E-state index contributed by atoms with van der Waals surface area (Å²) in [4.78, 5) is 17.4. The van der Waals surface area contributed by atoms with Crippen LogP contribution in [0.1, 0.15) is 17.1 Å². The molecule has 1 amide bonds. The number of amides is 1. The lowest BCUT2D eigenvalue weighted by Crippen LogP contribution is -2.39. The van der Waals surface area contributed by atoms with E-state index in [9.17, 15) is 4.79 Å². The molecule has 0 radical (unpaired) electrons. The molecule has 0 aromatic carbocycles. The van der Waals surface area contributed by atoms with E-state index in [-0.39, 0.29) is 5.91 Å². The zero-order valence-electron chi connectivity index (χ0n) is 11.6. The molecule has 4 nitrogen and oxygen atoms in total. The molecule has 1 saturated heterocycles. The Morgan fingerprint density at radius 1 is 1.19 bits per heavy atom. The van der Waals surface area contributed by atoms with Gasteiger partial charge in [-0.25, -0.2) is 0 Å². The van der Waals surface area contributed by atoms with Crippen LogP contribution in [0.4, 0.5) is 0 Å². The molecule has 2 aromatic heterocycles. The van der Waals surface area contributed by atoms with E-state index in [2.05, 4.69) is 4.98 Å². The summed E-state index contributed by atoms with van der Waals surface area (Å²) >= 11 is 6.66. The van der Waals surface area contributed by atoms with Crippen molar-refractivity contribution in [1.82, 2.24) is 9.66 Å². The molecule has 0 bridgehead atoms. The van der Waals surface area contributed by atoms with Gasteiger partial charge in [-0.2, -0.15) is 5.01 Å². The summed E-state index contributed by atoms with van der Waals surface area (Å²) in [6, 6.07) is 9.53. The molecule has 106 valence electrons. The van der Waals surface area contributed by atoms with Gasteiger partial charge in [0.2, 0.25) is 0 Å². The zero-order chi connectivity index (χ0) is 15.0. The molecule has 2 aromatic rings. The smallest absolute Gasteiger partial charge is 0.266 e. The quantitative estimate of drug-likeness (QED) is 0.631. The van der Waals surface area contributed by atoms with E-state index < -0.39 is 0 Å². The Kier molecular flexibility index (Phi) is 3.65. The summed E-state index contributed by atoms with van der Waals surface area (Å²) in [5.41, 5.74) is 2.70. The Bertz CT molecular complexity index is 730. The van der Waals surface area contributed by atoms with Crippen LogP contribution in [0.15, 0.2) is 41.4 Å². The Morgan fingerprint density at radius 3 is 2.52 bits per heavy atom. The summed E-state index contributed by atoms with van der Waals surface area (Å²) in [7, 11) is 0. The van der Waals surface area contributed by atoms with Gasteiger partial charge in [0.1, 0.15) is 0 Å². The van der Waals surface area contributed by atoms with Gasteiger partial charge in [-0.3, -0.25) is 14.5 Å². The van der Waals surface area contributed by atoms with Gasteiger partial charge in [0, 0.05) is 17.6 Å². The van der Waals surface area contributed by atoms with E-state index in [4.69, 9.17) is 12.2 Å². The Labute approximate surface area is 132 Å². The fourth-order valence-electron chi connectivity index (χ4n) is 2.20. The number of nitrogens with zero attached hydrogens (tertiary/aromatic N) is 3. The van der Waals surface area contributed by atoms with Crippen LogP contribution in [0.25, 0.3) is 6.08 Å². The highest BCUT2D eigenvalue weighted by Gasteiger charge is 2.34. The summed E-state index contributed by atoms with van der Waals surface area (Å²) in [6.45, 7) is 3.90. The van der Waals surface area contributed by atoms with Crippen LogP contribution in [0, 0.1) is 13.8 Å². The minimum Gasteiger partial charge on any atom is -0.266 e. The molecule has 0 N–H and O–H groups in total. The zero-order valence-corrected chi connectivity index (χ0v) is 13.2. The Hall–Kier alpha value is -1.92. The van der Waals surface area contributed by atoms with E-state index in [1.165, 1.54) is 11.8 Å². The van der Waals surface area contributed by atoms with Crippen molar-refractivity contribution in [2.75, 3.05) is 5.01 Å². The second-order valence-electron chi connectivity index (χ2n) is 4.68. The minimum absolute atomic E-state index is 0.113. The molecular weight excluding hydrogens is 302 g/mol. The summed E-state index contributed by atoms with van der Waals surface area (Å²) in [6.07, 6.45) is 3.47. The van der Waals surface area contributed by atoms with Crippen molar-refractivity contribution in [1.29, 1.82) is 0 Å². The van der Waals surface area contributed by atoms with Crippen LogP contribution < -0.4 is 5.01 Å². The average molecular weight is 315 g/mol.